The van der Waals surface area contributed by atoms with Crippen molar-refractivity contribution in [3.8, 4) is 5.75 Å². The molecule has 0 saturated heterocycles. The Morgan fingerprint density at radius 2 is 1.17 bits per heavy atom. The molecule has 0 bridgehead atoms. The van der Waals surface area contributed by atoms with Crippen LogP contribution < -0.4 is 20.6 Å². The van der Waals surface area contributed by atoms with Crippen molar-refractivity contribution in [1.29, 1.82) is 0 Å². The van der Waals surface area contributed by atoms with E-state index in [4.69, 9.17) is 10.8 Å². The Hall–Kier alpha value is -4.37. The van der Waals surface area contributed by atoms with Crippen LogP contribution in [-0.2, 0) is 10.4 Å². The predicted octanol–water partition coefficient (Wildman–Crippen LogP) is 7.48. The Balaban J connectivity index is 1.42. The number of amides is 4. The van der Waals surface area contributed by atoms with E-state index in [0.717, 1.165) is 46.6 Å². The largest absolute Gasteiger partial charge is 0.402 e. The molecule has 4 aromatic carbocycles. The second-order valence-electron chi connectivity index (χ2n) is 11.2. The fraction of sp³-hybridized carbons (Fsp3) is 0.152. The number of anilines is 2. The first-order valence-corrected chi connectivity index (χ1v) is 15.4. The van der Waals surface area contributed by atoms with Gasteiger partial charge >= 0.3 is 6.18 Å². The van der Waals surface area contributed by atoms with E-state index in [2.05, 4.69) is 36.8 Å². The van der Waals surface area contributed by atoms with Gasteiger partial charge in [-0.3, -0.25) is 19.2 Å². The highest BCUT2D eigenvalue weighted by atomic mass is 79.9. The molecule has 2 aliphatic heterocycles. The molecule has 0 aromatic heterocycles. The first kappa shape index (κ1) is 32.6. The number of alkyl halides is 3. The number of benzene rings is 4. The van der Waals surface area contributed by atoms with Crippen molar-refractivity contribution in [1.82, 2.24) is 0 Å². The minimum atomic E-state index is -4.94. The number of hydrogen-bond donors (Lipinski definition) is 1. The van der Waals surface area contributed by atoms with Gasteiger partial charge in [0.15, 0.2) is 5.75 Å². The third kappa shape index (κ3) is 4.98. The molecule has 47 heavy (non-hydrogen) atoms. The summed E-state index contributed by atoms with van der Waals surface area (Å²) in [6.07, 6.45) is -4.94. The third-order valence-corrected chi connectivity index (χ3v) is 9.66. The van der Waals surface area contributed by atoms with Gasteiger partial charge in [-0.1, -0.05) is 34.8 Å². The zero-order chi connectivity index (χ0) is 34.2. The number of imide groups is 2. The van der Waals surface area contributed by atoms with E-state index in [1.54, 1.807) is 25.1 Å². The van der Waals surface area contributed by atoms with Crippen LogP contribution in [0.2, 0.25) is 0 Å². The maximum atomic E-state index is 15.1. The Morgan fingerprint density at radius 3 is 1.66 bits per heavy atom. The average Bonchev–Trinajstić information content (AvgIpc) is 3.40. The predicted molar refractivity (Wildman–Crippen MR) is 171 cm³/mol. The fourth-order valence-corrected chi connectivity index (χ4v) is 7.43. The summed E-state index contributed by atoms with van der Waals surface area (Å²) in [7, 11) is 0. The van der Waals surface area contributed by atoms with Gasteiger partial charge in [-0.2, -0.15) is 19.1 Å². The van der Waals surface area contributed by atoms with Crippen molar-refractivity contribution in [2.24, 2.45) is 5.90 Å². The molecule has 0 fully saturated rings. The van der Waals surface area contributed by atoms with Crippen LogP contribution in [-0.4, -0.2) is 29.8 Å². The van der Waals surface area contributed by atoms with Crippen LogP contribution >= 0.6 is 31.9 Å². The molecule has 1 unspecified atom stereocenters. The molecule has 0 aliphatic carbocycles. The van der Waals surface area contributed by atoms with E-state index in [1.165, 1.54) is 24.3 Å². The topological polar surface area (TPSA) is 119 Å². The molecule has 0 saturated carbocycles. The summed E-state index contributed by atoms with van der Waals surface area (Å²) < 4.78 is 45.9. The van der Waals surface area contributed by atoms with Crippen LogP contribution in [0.25, 0.3) is 0 Å². The number of nitrogens with two attached hydrogens (primary N) is 1. The number of carbonyl (C=O) groups excluding carboxylic acids is 4. The maximum absolute atomic E-state index is 15.1. The van der Waals surface area contributed by atoms with Crippen LogP contribution in [0.3, 0.4) is 0 Å². The zero-order valence-electron chi connectivity index (χ0n) is 24.7. The molecule has 1 atom stereocenters. The van der Waals surface area contributed by atoms with E-state index in [1.807, 2.05) is 6.92 Å². The summed E-state index contributed by atoms with van der Waals surface area (Å²) in [4.78, 5) is 64.6. The molecule has 2 heterocycles. The van der Waals surface area contributed by atoms with E-state index >= 15 is 13.2 Å². The average molecular weight is 773 g/mol. The number of rotatable bonds is 6. The van der Waals surface area contributed by atoms with Crippen LogP contribution in [0.1, 0.15) is 70.6 Å². The fourth-order valence-electron chi connectivity index (χ4n) is 5.94. The van der Waals surface area contributed by atoms with E-state index in [9.17, 15) is 19.2 Å². The quantitative estimate of drug-likeness (QED) is 0.123. The van der Waals surface area contributed by atoms with Gasteiger partial charge in [0.05, 0.1) is 33.6 Å². The van der Waals surface area contributed by atoms with E-state index in [-0.39, 0.29) is 53.8 Å². The first-order chi connectivity index (χ1) is 22.1. The highest BCUT2D eigenvalue weighted by Crippen LogP contribution is 2.49. The minimum Gasteiger partial charge on any atom is -0.320 e. The van der Waals surface area contributed by atoms with Gasteiger partial charge in [-0.25, -0.2) is 9.80 Å². The lowest BCUT2D eigenvalue weighted by Gasteiger charge is -2.33. The molecular weight excluding hydrogens is 751 g/mol. The second-order valence-corrected chi connectivity index (χ2v) is 12.9. The van der Waals surface area contributed by atoms with Gasteiger partial charge in [-0.15, -0.1) is 0 Å². The molecule has 0 spiro atoms. The number of hydrogen-bond acceptors (Lipinski definition) is 7. The summed E-state index contributed by atoms with van der Waals surface area (Å²) in [5.74, 6) is 2.05. The zero-order valence-corrected chi connectivity index (χ0v) is 27.8. The summed E-state index contributed by atoms with van der Waals surface area (Å²) >= 11 is 6.57. The standard InChI is InChI=1S/C33H22Br2F3N3O6/c1-15-4-9-26(16(2)10-15)40-28(42)20-7-5-17(11-22(20)30(40)44)32(3,33(36,37)38)18-6-8-21-23(12-18)31(45)41(29(21)43)27-24(34)13-19(46-47-39)14-25(27)35/h4-14H,39H2,1-3H3. The summed E-state index contributed by atoms with van der Waals surface area (Å²) in [6, 6.07) is 14.7. The normalized spacial score (nSPS) is 15.7. The van der Waals surface area contributed by atoms with Crippen LogP contribution in [0.5, 0.6) is 5.75 Å². The van der Waals surface area contributed by atoms with E-state index < -0.39 is 35.2 Å². The van der Waals surface area contributed by atoms with Crippen molar-refractivity contribution in [3.05, 3.63) is 120 Å². The Morgan fingerprint density at radius 1 is 0.681 bits per heavy atom. The van der Waals surface area contributed by atoms with Gasteiger partial charge in [0.2, 0.25) is 0 Å². The van der Waals surface area contributed by atoms with Crippen LogP contribution in [0.15, 0.2) is 75.7 Å². The molecule has 4 amide bonds. The second kappa shape index (κ2) is 11.4. The summed E-state index contributed by atoms with van der Waals surface area (Å²) in [5, 5.41) is 0. The molecule has 2 N–H and O–H groups in total. The smallest absolute Gasteiger partial charge is 0.320 e. The Labute approximate surface area is 282 Å². The van der Waals surface area contributed by atoms with Crippen LogP contribution in [0, 0.1) is 13.8 Å². The van der Waals surface area contributed by atoms with Gasteiger partial charge in [0.1, 0.15) is 5.41 Å². The molecule has 4 aromatic rings. The van der Waals surface area contributed by atoms with Crippen molar-refractivity contribution in [2.45, 2.75) is 32.4 Å². The molecule has 0 radical (unpaired) electrons. The lowest BCUT2D eigenvalue weighted by Crippen LogP contribution is -2.41. The number of fused-ring (bicyclic) bond motifs is 2. The van der Waals surface area contributed by atoms with Crippen molar-refractivity contribution < 1.29 is 42.2 Å². The van der Waals surface area contributed by atoms with Gasteiger partial charge < -0.3 is 4.89 Å². The van der Waals surface area contributed by atoms with Crippen molar-refractivity contribution >= 4 is 66.9 Å². The van der Waals surface area contributed by atoms with Crippen molar-refractivity contribution in [2.75, 3.05) is 9.80 Å². The Bertz CT molecular complexity index is 2040. The van der Waals surface area contributed by atoms with Gasteiger partial charge in [-0.05, 0) is 99.7 Å². The lowest BCUT2D eigenvalue weighted by atomic mass is 9.74. The molecule has 14 heteroatoms. The van der Waals surface area contributed by atoms with Gasteiger partial charge in [0.25, 0.3) is 23.6 Å². The highest BCUT2D eigenvalue weighted by Gasteiger charge is 2.55. The summed E-state index contributed by atoms with van der Waals surface area (Å²) in [6.45, 7) is 4.51. The molecule has 2 aliphatic rings. The third-order valence-electron chi connectivity index (χ3n) is 8.45. The number of nitrogens with zero attached hydrogens (tertiary/aromatic N) is 2. The SMILES string of the molecule is Cc1ccc(N2C(=O)c3ccc(C(C)(c4ccc5c(c4)C(=O)N(c4c(Br)cc(OON)cc4Br)C5=O)C(F)(F)F)cc3C2=O)c(C)c1. The van der Waals surface area contributed by atoms with E-state index in [0.29, 0.717) is 11.3 Å². The molecule has 240 valence electrons. The Kier molecular flexibility index (Phi) is 7.90. The highest BCUT2D eigenvalue weighted by molar-refractivity contribution is 9.11. The number of aryl methyl sites for hydroxylation is 2. The number of halogens is 5. The maximum Gasteiger partial charge on any atom is 0.402 e. The van der Waals surface area contributed by atoms with Crippen molar-refractivity contribution in [3.63, 3.8) is 0 Å². The van der Waals surface area contributed by atoms with Crippen LogP contribution in [0.4, 0.5) is 24.5 Å². The molecule has 9 nitrogen and oxygen atoms in total. The first-order valence-electron chi connectivity index (χ1n) is 13.8. The monoisotopic (exact) mass is 771 g/mol. The molecular formula is C33H22Br2F3N3O6. The number of carbonyl (C=O) groups is 4. The molecule has 6 rings (SSSR count). The minimum absolute atomic E-state index is 0.0285. The summed E-state index contributed by atoms with van der Waals surface area (Å²) in [5.41, 5.74) is -2.02. The van der Waals surface area contributed by atoms with Gasteiger partial charge in [0, 0.05) is 21.1 Å². The lowest BCUT2D eigenvalue weighted by molar-refractivity contribution is -0.211.